The normalized spacial score (nSPS) is 26.1. The molecule has 182 valence electrons. The summed E-state index contributed by atoms with van der Waals surface area (Å²) in [7, 11) is 0. The summed E-state index contributed by atoms with van der Waals surface area (Å²) in [5.41, 5.74) is 1.25. The van der Waals surface area contributed by atoms with Gasteiger partial charge in [0.15, 0.2) is 5.82 Å². The van der Waals surface area contributed by atoms with Crippen molar-refractivity contribution in [3.8, 4) is 11.5 Å². The maximum absolute atomic E-state index is 13.1. The van der Waals surface area contributed by atoms with Crippen molar-refractivity contribution in [3.05, 3.63) is 35.7 Å². The summed E-state index contributed by atoms with van der Waals surface area (Å²) in [4.78, 5) is 34.2. The lowest BCUT2D eigenvalue weighted by molar-refractivity contribution is -0.134. The Morgan fingerprint density at radius 1 is 1.06 bits per heavy atom. The number of nitrogens with one attached hydrogen (secondary N) is 2. The summed E-state index contributed by atoms with van der Waals surface area (Å²) in [6.07, 6.45) is 4.21. The van der Waals surface area contributed by atoms with Crippen LogP contribution < -0.4 is 10.6 Å². The van der Waals surface area contributed by atoms with E-state index < -0.39 is 0 Å². The third-order valence-electron chi connectivity index (χ3n) is 7.20. The molecule has 2 aromatic rings. The molecule has 3 atom stereocenters. The number of fused-ring (bicyclic) bond motifs is 1. The van der Waals surface area contributed by atoms with Crippen molar-refractivity contribution >= 4 is 11.8 Å². The number of nitrogens with zero attached hydrogens (tertiary/aromatic N) is 4. The number of carbonyl (C=O) groups excluding carboxylic acids is 2. The molecule has 3 unspecified atom stereocenters. The molecule has 3 heterocycles. The molecule has 2 amide bonds. The van der Waals surface area contributed by atoms with Gasteiger partial charge in [-0.15, -0.1) is 0 Å². The lowest BCUT2D eigenvalue weighted by Gasteiger charge is -2.46. The Kier molecular flexibility index (Phi) is 6.16. The average Bonchev–Trinajstić information content (AvgIpc) is 3.35. The molecule has 9 nitrogen and oxygen atoms in total. The quantitative estimate of drug-likeness (QED) is 0.716. The van der Waals surface area contributed by atoms with Crippen molar-refractivity contribution in [3.63, 3.8) is 0 Å². The van der Waals surface area contributed by atoms with E-state index in [1.54, 1.807) is 0 Å². The first-order valence-electron chi connectivity index (χ1n) is 12.3. The summed E-state index contributed by atoms with van der Waals surface area (Å²) in [6, 6.07) is 7.61. The van der Waals surface area contributed by atoms with Gasteiger partial charge in [-0.05, 0) is 37.1 Å². The molecular weight excluding hydrogens is 432 g/mol. The van der Waals surface area contributed by atoms with Crippen molar-refractivity contribution in [1.82, 2.24) is 30.6 Å². The third-order valence-corrected chi connectivity index (χ3v) is 7.20. The minimum atomic E-state index is -0.187. The van der Waals surface area contributed by atoms with Crippen LogP contribution in [0.15, 0.2) is 28.8 Å². The number of hydrogen-bond acceptors (Lipinski definition) is 7. The average molecular weight is 467 g/mol. The number of piperazine rings is 1. The van der Waals surface area contributed by atoms with E-state index in [0.29, 0.717) is 30.4 Å². The Bertz CT molecular complexity index is 1040. The smallest absolute Gasteiger partial charge is 0.257 e. The molecule has 1 aromatic carbocycles. The summed E-state index contributed by atoms with van der Waals surface area (Å²) >= 11 is 0. The van der Waals surface area contributed by atoms with Gasteiger partial charge in [0.1, 0.15) is 6.29 Å². The Balaban J connectivity index is 1.17. The first-order chi connectivity index (χ1) is 16.3. The van der Waals surface area contributed by atoms with Crippen LogP contribution in [-0.4, -0.2) is 70.3 Å². The van der Waals surface area contributed by atoms with Crippen molar-refractivity contribution in [2.24, 2.45) is 5.92 Å². The SMILES string of the molecule is CC(C)(C)c1noc(-c2ccc(C(=O)N3CCN(C4NC(=O)C5CCCCC5N4)CC3)cc2)n1. The lowest BCUT2D eigenvalue weighted by atomic mass is 9.82. The standard InChI is InChI=1S/C25H34N6O3/c1-25(2,3)23-28-21(34-29-23)16-8-10-17(11-9-16)22(33)30-12-14-31(15-13-30)24-26-19-7-5-4-6-18(19)20(32)27-24/h8-11,18-19,24,26H,4-7,12-15H2,1-3H3,(H,27,32). The van der Waals surface area contributed by atoms with E-state index >= 15 is 0 Å². The van der Waals surface area contributed by atoms with Crippen LogP contribution in [0.4, 0.5) is 0 Å². The maximum Gasteiger partial charge on any atom is 0.257 e. The zero-order valence-electron chi connectivity index (χ0n) is 20.2. The van der Waals surface area contributed by atoms with Crippen molar-refractivity contribution in [2.75, 3.05) is 26.2 Å². The molecule has 2 saturated heterocycles. The number of benzene rings is 1. The molecule has 34 heavy (non-hydrogen) atoms. The highest BCUT2D eigenvalue weighted by Gasteiger charge is 2.40. The number of hydrogen-bond donors (Lipinski definition) is 2. The third kappa shape index (κ3) is 4.59. The predicted octanol–water partition coefficient (Wildman–Crippen LogP) is 2.35. The summed E-state index contributed by atoms with van der Waals surface area (Å²) in [5.74, 6) is 1.40. The molecule has 2 aliphatic heterocycles. The van der Waals surface area contributed by atoms with Crippen LogP contribution in [0.2, 0.25) is 0 Å². The van der Waals surface area contributed by atoms with Crippen LogP contribution in [0, 0.1) is 5.92 Å². The molecule has 1 aromatic heterocycles. The van der Waals surface area contributed by atoms with Gasteiger partial charge in [-0.25, -0.2) is 0 Å². The molecule has 1 saturated carbocycles. The lowest BCUT2D eigenvalue weighted by Crippen LogP contribution is -2.69. The van der Waals surface area contributed by atoms with Crippen molar-refractivity contribution in [1.29, 1.82) is 0 Å². The second kappa shape index (κ2) is 9.11. The Hall–Kier alpha value is -2.78. The van der Waals surface area contributed by atoms with Crippen LogP contribution in [0.5, 0.6) is 0 Å². The van der Waals surface area contributed by atoms with Crippen LogP contribution in [0.3, 0.4) is 0 Å². The van der Waals surface area contributed by atoms with Crippen LogP contribution in [0.25, 0.3) is 11.5 Å². The molecular formula is C25H34N6O3. The molecule has 0 radical (unpaired) electrons. The van der Waals surface area contributed by atoms with E-state index in [9.17, 15) is 9.59 Å². The van der Waals surface area contributed by atoms with Gasteiger partial charge in [-0.3, -0.25) is 19.8 Å². The zero-order valence-corrected chi connectivity index (χ0v) is 20.2. The first-order valence-corrected chi connectivity index (χ1v) is 12.3. The Morgan fingerprint density at radius 3 is 2.44 bits per heavy atom. The fourth-order valence-corrected chi connectivity index (χ4v) is 5.09. The molecule has 0 bridgehead atoms. The van der Waals surface area contributed by atoms with E-state index in [-0.39, 0.29) is 35.5 Å². The van der Waals surface area contributed by atoms with Crippen molar-refractivity contribution in [2.45, 2.75) is 64.2 Å². The van der Waals surface area contributed by atoms with E-state index in [1.165, 1.54) is 6.42 Å². The van der Waals surface area contributed by atoms with Gasteiger partial charge < -0.3 is 14.7 Å². The minimum absolute atomic E-state index is 0.0140. The molecule has 3 aliphatic rings. The molecule has 5 rings (SSSR count). The summed E-state index contributed by atoms with van der Waals surface area (Å²) < 4.78 is 5.41. The fourth-order valence-electron chi connectivity index (χ4n) is 5.09. The zero-order chi connectivity index (χ0) is 23.9. The second-order valence-corrected chi connectivity index (χ2v) is 10.7. The number of carbonyl (C=O) groups is 2. The molecule has 3 fully saturated rings. The van der Waals surface area contributed by atoms with Gasteiger partial charge in [-0.1, -0.05) is 38.8 Å². The monoisotopic (exact) mass is 466 g/mol. The minimum Gasteiger partial charge on any atom is -0.336 e. The number of aromatic nitrogens is 2. The van der Waals surface area contributed by atoms with Gasteiger partial charge in [-0.2, -0.15) is 4.98 Å². The topological polar surface area (TPSA) is 104 Å². The van der Waals surface area contributed by atoms with Crippen LogP contribution >= 0.6 is 0 Å². The van der Waals surface area contributed by atoms with Gasteiger partial charge in [0.25, 0.3) is 11.8 Å². The largest absolute Gasteiger partial charge is 0.336 e. The Labute approximate surface area is 200 Å². The van der Waals surface area contributed by atoms with E-state index in [0.717, 1.165) is 37.9 Å². The highest BCUT2D eigenvalue weighted by atomic mass is 16.5. The second-order valence-electron chi connectivity index (χ2n) is 10.7. The van der Waals surface area contributed by atoms with Gasteiger partial charge in [0.05, 0.1) is 5.92 Å². The maximum atomic E-state index is 13.1. The van der Waals surface area contributed by atoms with E-state index in [1.807, 2.05) is 49.9 Å². The Morgan fingerprint density at radius 2 is 1.76 bits per heavy atom. The fraction of sp³-hybridized carbons (Fsp3) is 0.600. The number of amides is 2. The van der Waals surface area contributed by atoms with E-state index in [4.69, 9.17) is 4.52 Å². The summed E-state index contributed by atoms with van der Waals surface area (Å²) in [5, 5.41) is 10.9. The summed E-state index contributed by atoms with van der Waals surface area (Å²) in [6.45, 7) is 8.80. The van der Waals surface area contributed by atoms with Crippen molar-refractivity contribution < 1.29 is 14.1 Å². The van der Waals surface area contributed by atoms with Crippen LogP contribution in [-0.2, 0) is 10.2 Å². The molecule has 2 N–H and O–H groups in total. The molecule has 9 heteroatoms. The van der Waals surface area contributed by atoms with E-state index in [2.05, 4.69) is 25.7 Å². The highest BCUT2D eigenvalue weighted by Crippen LogP contribution is 2.28. The number of rotatable bonds is 3. The van der Waals surface area contributed by atoms with Crippen LogP contribution in [0.1, 0.15) is 62.6 Å². The van der Waals surface area contributed by atoms with Gasteiger partial charge in [0, 0.05) is 48.8 Å². The predicted molar refractivity (Wildman–Crippen MR) is 127 cm³/mol. The van der Waals surface area contributed by atoms with Gasteiger partial charge in [0.2, 0.25) is 5.91 Å². The first kappa shape index (κ1) is 23.0. The molecule has 1 aliphatic carbocycles. The van der Waals surface area contributed by atoms with Gasteiger partial charge >= 0.3 is 0 Å². The molecule has 0 spiro atoms. The highest BCUT2D eigenvalue weighted by molar-refractivity contribution is 5.94.